The number of aryl methyl sites for hydroxylation is 1. The van der Waals surface area contributed by atoms with Crippen LogP contribution in [0, 0.1) is 5.92 Å². The van der Waals surface area contributed by atoms with Gasteiger partial charge in [-0.05, 0) is 54.5 Å². The van der Waals surface area contributed by atoms with E-state index in [1.165, 1.54) is 11.1 Å². The van der Waals surface area contributed by atoms with Crippen LogP contribution in [0.2, 0.25) is 0 Å². The number of hydrogen-bond donors (Lipinski definition) is 3. The number of benzene rings is 2. The third-order valence-corrected chi connectivity index (χ3v) is 7.04. The van der Waals surface area contributed by atoms with Gasteiger partial charge in [-0.15, -0.1) is 5.10 Å². The van der Waals surface area contributed by atoms with Gasteiger partial charge in [-0.25, -0.2) is 9.97 Å². The number of anilines is 2. The van der Waals surface area contributed by atoms with E-state index >= 15 is 0 Å². The van der Waals surface area contributed by atoms with Crippen LogP contribution in [-0.4, -0.2) is 44.4 Å². The number of methoxy groups -OCH3 is 1. The first-order valence-electron chi connectivity index (χ1n) is 12.2. The molecule has 36 heavy (non-hydrogen) atoms. The Morgan fingerprint density at radius 3 is 2.56 bits per heavy atom. The van der Waals surface area contributed by atoms with Crippen molar-refractivity contribution in [3.05, 3.63) is 77.4 Å². The van der Waals surface area contributed by atoms with Gasteiger partial charge in [0.05, 0.1) is 18.5 Å². The standard InChI is InChI=1S/C27H27N7O2/c1-36-23-11-19(10-22(13-23)30-26(35)18-6-7-24-25(12-18)33-34-32-24)20-14-28-27(29-15-20)31-21-8-16-4-2-3-5-17(16)9-21/h2-5,10-11,13-15,18,21H,6-9,12H2,1H3,(H,30,35)(H,28,29,31)(H,32,33,34)/t18-/m0/s1. The summed E-state index contributed by atoms with van der Waals surface area (Å²) in [5, 5.41) is 17.4. The molecule has 9 nitrogen and oxygen atoms in total. The number of fused-ring (bicyclic) bond motifs is 2. The summed E-state index contributed by atoms with van der Waals surface area (Å²) >= 11 is 0. The summed E-state index contributed by atoms with van der Waals surface area (Å²) in [6.45, 7) is 0. The van der Waals surface area contributed by atoms with Crippen LogP contribution < -0.4 is 15.4 Å². The monoisotopic (exact) mass is 481 g/mol. The number of nitrogens with zero attached hydrogens (tertiary/aromatic N) is 4. The molecule has 0 fully saturated rings. The number of rotatable bonds is 6. The second-order valence-corrected chi connectivity index (χ2v) is 9.43. The normalized spacial score (nSPS) is 16.8. The molecule has 1 atom stereocenters. The zero-order valence-electron chi connectivity index (χ0n) is 20.0. The summed E-state index contributed by atoms with van der Waals surface area (Å²) in [7, 11) is 1.61. The first kappa shape index (κ1) is 22.2. The van der Waals surface area contributed by atoms with Crippen molar-refractivity contribution in [1.82, 2.24) is 25.4 Å². The summed E-state index contributed by atoms with van der Waals surface area (Å²) < 4.78 is 5.50. The minimum absolute atomic E-state index is 0.0313. The van der Waals surface area contributed by atoms with E-state index in [0.29, 0.717) is 29.8 Å². The number of H-pyrrole nitrogens is 1. The van der Waals surface area contributed by atoms with E-state index in [4.69, 9.17) is 4.74 Å². The molecule has 0 unspecified atom stereocenters. The maximum Gasteiger partial charge on any atom is 0.227 e. The van der Waals surface area contributed by atoms with Crippen molar-refractivity contribution in [3.63, 3.8) is 0 Å². The summed E-state index contributed by atoms with van der Waals surface area (Å²) in [5.74, 6) is 1.08. The molecule has 4 aromatic rings. The Labute approximate surface area is 208 Å². The van der Waals surface area contributed by atoms with Crippen molar-refractivity contribution >= 4 is 17.5 Å². The van der Waals surface area contributed by atoms with Gasteiger partial charge in [0.1, 0.15) is 5.75 Å². The summed E-state index contributed by atoms with van der Waals surface area (Å²) in [4.78, 5) is 22.1. The number of aromatic nitrogens is 5. The zero-order valence-corrected chi connectivity index (χ0v) is 20.0. The van der Waals surface area contributed by atoms with Crippen LogP contribution in [0.25, 0.3) is 11.1 Å². The van der Waals surface area contributed by atoms with Crippen molar-refractivity contribution in [3.8, 4) is 16.9 Å². The molecular formula is C27H27N7O2. The summed E-state index contributed by atoms with van der Waals surface area (Å²) in [5.41, 5.74) is 7.05. The molecule has 6 rings (SSSR count). The number of hydrogen-bond acceptors (Lipinski definition) is 7. The van der Waals surface area contributed by atoms with Crippen molar-refractivity contribution in [2.75, 3.05) is 17.7 Å². The predicted molar refractivity (Wildman–Crippen MR) is 136 cm³/mol. The van der Waals surface area contributed by atoms with Crippen molar-refractivity contribution < 1.29 is 9.53 Å². The van der Waals surface area contributed by atoms with E-state index in [0.717, 1.165) is 48.2 Å². The first-order chi connectivity index (χ1) is 17.6. The predicted octanol–water partition coefficient (Wildman–Crippen LogP) is 3.59. The van der Waals surface area contributed by atoms with Crippen LogP contribution in [-0.2, 0) is 30.5 Å². The Hall–Kier alpha value is -4.27. The van der Waals surface area contributed by atoms with Gasteiger partial charge in [0.25, 0.3) is 0 Å². The van der Waals surface area contributed by atoms with Crippen LogP contribution >= 0.6 is 0 Å². The van der Waals surface area contributed by atoms with Crippen LogP contribution in [0.3, 0.4) is 0 Å². The molecule has 0 spiro atoms. The minimum Gasteiger partial charge on any atom is -0.497 e. The van der Waals surface area contributed by atoms with Gasteiger partial charge in [-0.2, -0.15) is 0 Å². The highest BCUT2D eigenvalue weighted by Crippen LogP contribution is 2.30. The summed E-state index contributed by atoms with van der Waals surface area (Å²) in [6, 6.07) is 14.5. The molecule has 2 aromatic carbocycles. The molecule has 182 valence electrons. The Kier molecular flexibility index (Phi) is 5.80. The lowest BCUT2D eigenvalue weighted by molar-refractivity contribution is -0.120. The van der Waals surface area contributed by atoms with Crippen molar-refractivity contribution in [2.45, 2.75) is 38.1 Å². The van der Waals surface area contributed by atoms with E-state index in [2.05, 4.69) is 60.3 Å². The lowest BCUT2D eigenvalue weighted by Crippen LogP contribution is -2.28. The molecule has 2 aliphatic rings. The molecular weight excluding hydrogens is 454 g/mol. The van der Waals surface area contributed by atoms with Gasteiger partial charge in [0, 0.05) is 48.1 Å². The number of nitrogens with one attached hydrogen (secondary N) is 3. The Morgan fingerprint density at radius 1 is 1.03 bits per heavy atom. The van der Waals surface area contributed by atoms with E-state index in [1.807, 2.05) is 18.2 Å². The van der Waals surface area contributed by atoms with Crippen molar-refractivity contribution in [2.24, 2.45) is 5.92 Å². The largest absolute Gasteiger partial charge is 0.497 e. The van der Waals surface area contributed by atoms with Crippen LogP contribution in [0.4, 0.5) is 11.6 Å². The zero-order chi connectivity index (χ0) is 24.5. The Balaban J connectivity index is 1.15. The fourth-order valence-electron chi connectivity index (χ4n) is 5.11. The number of carbonyl (C=O) groups excluding carboxylic acids is 1. The molecule has 0 aliphatic heterocycles. The molecule has 0 saturated heterocycles. The number of aromatic amines is 1. The average Bonchev–Trinajstić information content (AvgIpc) is 3.54. The van der Waals surface area contributed by atoms with E-state index < -0.39 is 0 Å². The van der Waals surface area contributed by atoms with Gasteiger partial charge >= 0.3 is 0 Å². The molecule has 3 N–H and O–H groups in total. The maximum atomic E-state index is 13.0. The summed E-state index contributed by atoms with van der Waals surface area (Å²) in [6.07, 6.45) is 7.65. The third kappa shape index (κ3) is 4.51. The highest BCUT2D eigenvalue weighted by Gasteiger charge is 2.27. The minimum atomic E-state index is -0.146. The second-order valence-electron chi connectivity index (χ2n) is 9.43. The molecule has 1 amide bonds. The molecule has 9 heteroatoms. The van der Waals surface area contributed by atoms with Crippen LogP contribution in [0.15, 0.2) is 54.9 Å². The van der Waals surface area contributed by atoms with Crippen LogP contribution in [0.5, 0.6) is 5.75 Å². The molecule has 0 bridgehead atoms. The molecule has 0 saturated carbocycles. The topological polar surface area (TPSA) is 118 Å². The lowest BCUT2D eigenvalue weighted by Gasteiger charge is -2.20. The van der Waals surface area contributed by atoms with Gasteiger partial charge in [-0.3, -0.25) is 9.89 Å². The molecule has 2 aromatic heterocycles. The number of amides is 1. The van der Waals surface area contributed by atoms with Crippen molar-refractivity contribution in [1.29, 1.82) is 0 Å². The lowest BCUT2D eigenvalue weighted by atomic mass is 9.89. The third-order valence-electron chi connectivity index (χ3n) is 7.04. The number of carbonyl (C=O) groups is 1. The van der Waals surface area contributed by atoms with Gasteiger partial charge < -0.3 is 15.4 Å². The molecule has 2 heterocycles. The highest BCUT2D eigenvalue weighted by atomic mass is 16.5. The highest BCUT2D eigenvalue weighted by molar-refractivity contribution is 5.93. The average molecular weight is 482 g/mol. The molecule has 2 aliphatic carbocycles. The van der Waals surface area contributed by atoms with Gasteiger partial charge in [-0.1, -0.05) is 29.5 Å². The smallest absolute Gasteiger partial charge is 0.227 e. The van der Waals surface area contributed by atoms with E-state index in [1.54, 1.807) is 19.5 Å². The van der Waals surface area contributed by atoms with E-state index in [-0.39, 0.29) is 11.8 Å². The Bertz CT molecular complexity index is 1370. The van der Waals surface area contributed by atoms with Gasteiger partial charge in [0.15, 0.2) is 0 Å². The van der Waals surface area contributed by atoms with Gasteiger partial charge in [0.2, 0.25) is 11.9 Å². The Morgan fingerprint density at radius 2 is 1.81 bits per heavy atom. The van der Waals surface area contributed by atoms with Crippen LogP contribution in [0.1, 0.15) is 28.9 Å². The van der Waals surface area contributed by atoms with E-state index in [9.17, 15) is 4.79 Å². The SMILES string of the molecule is COc1cc(NC(=O)[C@H]2CCc3[nH]nnc3C2)cc(-c2cnc(NC3Cc4ccccc4C3)nc2)c1. The second kappa shape index (κ2) is 9.41. The first-order valence-corrected chi connectivity index (χ1v) is 12.2. The quantitative estimate of drug-likeness (QED) is 0.385. The number of ether oxygens (including phenoxy) is 1. The maximum absolute atomic E-state index is 13.0. The fraction of sp³-hybridized carbons (Fsp3) is 0.296. The molecule has 0 radical (unpaired) electrons. The fourth-order valence-corrected chi connectivity index (χ4v) is 5.11.